The number of benzene rings is 1. The van der Waals surface area contributed by atoms with Crippen molar-refractivity contribution in [1.82, 2.24) is 10.2 Å². The second-order valence-electron chi connectivity index (χ2n) is 6.52. The smallest absolute Gasteiger partial charge is 0.317 e. The molecule has 0 radical (unpaired) electrons. The molecule has 1 aromatic carbocycles. The molecule has 118 valence electrons. The lowest BCUT2D eigenvalue weighted by Crippen LogP contribution is -2.43. The van der Waals surface area contributed by atoms with Crippen LogP contribution >= 0.6 is 11.3 Å². The van der Waals surface area contributed by atoms with Crippen LogP contribution in [-0.2, 0) is 6.42 Å². The molecule has 0 unspecified atom stereocenters. The van der Waals surface area contributed by atoms with Crippen molar-refractivity contribution in [3.63, 3.8) is 0 Å². The van der Waals surface area contributed by atoms with E-state index in [9.17, 15) is 4.79 Å². The van der Waals surface area contributed by atoms with Gasteiger partial charge in [0.15, 0.2) is 0 Å². The van der Waals surface area contributed by atoms with Crippen LogP contribution in [0.2, 0.25) is 0 Å². The summed E-state index contributed by atoms with van der Waals surface area (Å²) in [5, 5.41) is 6.64. The van der Waals surface area contributed by atoms with Crippen molar-refractivity contribution in [1.29, 1.82) is 0 Å². The minimum absolute atomic E-state index is 0.107. The lowest BCUT2D eigenvalue weighted by atomic mass is 10.1. The summed E-state index contributed by atoms with van der Waals surface area (Å²) in [7, 11) is 0. The molecule has 1 aliphatic carbocycles. The van der Waals surface area contributed by atoms with Crippen molar-refractivity contribution in [3.05, 3.63) is 35.2 Å². The second-order valence-corrected chi connectivity index (χ2v) is 7.43. The van der Waals surface area contributed by atoms with E-state index in [1.165, 1.54) is 15.6 Å². The Hall–Kier alpha value is -1.55. The molecule has 0 aliphatic heterocycles. The number of nitrogens with one attached hydrogen (secondary N) is 1. The van der Waals surface area contributed by atoms with Gasteiger partial charge in [0, 0.05) is 23.8 Å². The van der Waals surface area contributed by atoms with Crippen molar-refractivity contribution in [2.24, 2.45) is 5.92 Å². The van der Waals surface area contributed by atoms with E-state index in [0.29, 0.717) is 18.5 Å². The van der Waals surface area contributed by atoms with E-state index < -0.39 is 0 Å². The molecule has 1 aliphatic rings. The molecule has 22 heavy (non-hydrogen) atoms. The summed E-state index contributed by atoms with van der Waals surface area (Å²) in [6.45, 7) is 5.90. The molecule has 0 spiro atoms. The Balaban J connectivity index is 1.54. The Bertz CT molecular complexity index is 645. The van der Waals surface area contributed by atoms with Gasteiger partial charge in [0.2, 0.25) is 0 Å². The van der Waals surface area contributed by atoms with Crippen LogP contribution in [0.15, 0.2) is 29.6 Å². The fourth-order valence-corrected chi connectivity index (χ4v) is 3.81. The van der Waals surface area contributed by atoms with E-state index in [1.807, 2.05) is 4.90 Å². The van der Waals surface area contributed by atoms with Crippen molar-refractivity contribution in [2.75, 3.05) is 13.1 Å². The van der Waals surface area contributed by atoms with Gasteiger partial charge in [0.25, 0.3) is 0 Å². The molecule has 2 amide bonds. The van der Waals surface area contributed by atoms with Gasteiger partial charge < -0.3 is 10.2 Å². The van der Waals surface area contributed by atoms with Crippen LogP contribution in [0, 0.1) is 5.92 Å². The molecule has 3 nitrogen and oxygen atoms in total. The maximum Gasteiger partial charge on any atom is 0.317 e. The van der Waals surface area contributed by atoms with Crippen molar-refractivity contribution < 1.29 is 4.79 Å². The highest BCUT2D eigenvalue weighted by molar-refractivity contribution is 7.17. The van der Waals surface area contributed by atoms with E-state index in [4.69, 9.17) is 0 Å². The number of fused-ring (bicyclic) bond motifs is 1. The average Bonchev–Trinajstić information content (AvgIpc) is 3.26. The standard InChI is InChI=1S/C18H24N2OS/c1-13(2)11-20(15-7-8-15)18(21)19-10-9-14-12-22-17-6-4-3-5-16(14)17/h3-6,12-13,15H,7-11H2,1-2H3,(H,19,21). The third-order valence-corrected chi connectivity index (χ3v) is 5.05. The first-order valence-electron chi connectivity index (χ1n) is 8.14. The van der Waals surface area contributed by atoms with E-state index >= 15 is 0 Å². The normalized spacial score (nSPS) is 14.5. The van der Waals surface area contributed by atoms with Crippen molar-refractivity contribution in [2.45, 2.75) is 39.2 Å². The van der Waals surface area contributed by atoms with Gasteiger partial charge in [-0.1, -0.05) is 32.0 Å². The number of thiophene rings is 1. The first-order chi connectivity index (χ1) is 10.6. The third kappa shape index (κ3) is 3.61. The number of carbonyl (C=O) groups excluding carboxylic acids is 1. The van der Waals surface area contributed by atoms with Crippen LogP contribution in [0.3, 0.4) is 0 Å². The van der Waals surface area contributed by atoms with Gasteiger partial charge >= 0.3 is 6.03 Å². The Kier molecular flexibility index (Phi) is 4.67. The quantitative estimate of drug-likeness (QED) is 0.848. The highest BCUT2D eigenvalue weighted by Crippen LogP contribution is 2.28. The zero-order chi connectivity index (χ0) is 15.5. The molecule has 0 saturated heterocycles. The number of hydrogen-bond acceptors (Lipinski definition) is 2. The van der Waals surface area contributed by atoms with Crippen LogP contribution in [0.1, 0.15) is 32.3 Å². The van der Waals surface area contributed by atoms with Crippen LogP contribution < -0.4 is 5.32 Å². The fourth-order valence-electron chi connectivity index (χ4n) is 2.81. The predicted octanol–water partition coefficient (Wildman–Crippen LogP) is 4.27. The molecule has 1 fully saturated rings. The Morgan fingerprint density at radius 1 is 1.36 bits per heavy atom. The molecular formula is C18H24N2OS. The van der Waals surface area contributed by atoms with Crippen molar-refractivity contribution >= 4 is 27.5 Å². The van der Waals surface area contributed by atoms with Crippen molar-refractivity contribution in [3.8, 4) is 0 Å². The second kappa shape index (κ2) is 6.69. The molecule has 1 heterocycles. The number of carbonyl (C=O) groups is 1. The van der Waals surface area contributed by atoms with Crippen LogP contribution in [0.5, 0.6) is 0 Å². The minimum atomic E-state index is 0.107. The SMILES string of the molecule is CC(C)CN(C(=O)NCCc1csc2ccccc12)C1CC1. The summed E-state index contributed by atoms with van der Waals surface area (Å²) < 4.78 is 1.32. The third-order valence-electron chi connectivity index (χ3n) is 4.04. The zero-order valence-electron chi connectivity index (χ0n) is 13.3. The van der Waals surface area contributed by atoms with Gasteiger partial charge in [-0.05, 0) is 47.6 Å². The van der Waals surface area contributed by atoms with Gasteiger partial charge in [-0.25, -0.2) is 4.79 Å². The van der Waals surface area contributed by atoms with Gasteiger partial charge in [0.1, 0.15) is 0 Å². The molecule has 4 heteroatoms. The molecule has 1 N–H and O–H groups in total. The number of urea groups is 1. The highest BCUT2D eigenvalue weighted by atomic mass is 32.1. The topological polar surface area (TPSA) is 32.3 Å². The van der Waals surface area contributed by atoms with Gasteiger partial charge in [-0.15, -0.1) is 11.3 Å². The molecule has 1 aromatic heterocycles. The molecular weight excluding hydrogens is 292 g/mol. The minimum Gasteiger partial charge on any atom is -0.338 e. The monoisotopic (exact) mass is 316 g/mol. The van der Waals surface area contributed by atoms with Crippen LogP contribution in [0.4, 0.5) is 4.79 Å². The number of hydrogen-bond donors (Lipinski definition) is 1. The Morgan fingerprint density at radius 3 is 2.86 bits per heavy atom. The zero-order valence-corrected chi connectivity index (χ0v) is 14.2. The molecule has 3 rings (SSSR count). The van der Waals surface area contributed by atoms with E-state index in [-0.39, 0.29) is 6.03 Å². The lowest BCUT2D eigenvalue weighted by molar-refractivity contribution is 0.187. The molecule has 2 aromatic rings. The lowest BCUT2D eigenvalue weighted by Gasteiger charge is -2.24. The Labute approximate surface area is 136 Å². The summed E-state index contributed by atoms with van der Waals surface area (Å²) >= 11 is 1.78. The Morgan fingerprint density at radius 2 is 2.14 bits per heavy atom. The summed E-state index contributed by atoms with van der Waals surface area (Å²) in [5.74, 6) is 0.521. The number of rotatable bonds is 6. The van der Waals surface area contributed by atoms with E-state index in [0.717, 1.165) is 25.8 Å². The number of nitrogens with zero attached hydrogens (tertiary/aromatic N) is 1. The van der Waals surface area contributed by atoms with Gasteiger partial charge in [-0.3, -0.25) is 0 Å². The maximum absolute atomic E-state index is 12.4. The maximum atomic E-state index is 12.4. The summed E-state index contributed by atoms with van der Waals surface area (Å²) in [4.78, 5) is 14.4. The fraction of sp³-hybridized carbons (Fsp3) is 0.500. The predicted molar refractivity (Wildman–Crippen MR) is 93.5 cm³/mol. The van der Waals surface area contributed by atoms with Gasteiger partial charge in [-0.2, -0.15) is 0 Å². The molecule has 0 bridgehead atoms. The number of amides is 2. The van der Waals surface area contributed by atoms with Crippen LogP contribution in [0.25, 0.3) is 10.1 Å². The van der Waals surface area contributed by atoms with Gasteiger partial charge in [0.05, 0.1) is 0 Å². The molecule has 1 saturated carbocycles. The summed E-state index contributed by atoms with van der Waals surface area (Å²) in [6.07, 6.45) is 3.22. The first-order valence-corrected chi connectivity index (χ1v) is 9.02. The molecule has 0 atom stereocenters. The van der Waals surface area contributed by atoms with E-state index in [1.54, 1.807) is 11.3 Å². The highest BCUT2D eigenvalue weighted by Gasteiger charge is 2.32. The van der Waals surface area contributed by atoms with E-state index in [2.05, 4.69) is 48.8 Å². The summed E-state index contributed by atoms with van der Waals surface area (Å²) in [5.41, 5.74) is 1.34. The van der Waals surface area contributed by atoms with Crippen LogP contribution in [-0.4, -0.2) is 30.1 Å². The summed E-state index contributed by atoms with van der Waals surface area (Å²) in [6, 6.07) is 9.05. The average molecular weight is 316 g/mol. The first kappa shape index (κ1) is 15.3. The largest absolute Gasteiger partial charge is 0.338 e.